The molecule has 8 nitrogen and oxygen atoms in total. The molecular formula is C26H20O8. The van der Waals surface area contributed by atoms with Crippen LogP contribution in [0.3, 0.4) is 0 Å². The van der Waals surface area contributed by atoms with E-state index in [1.54, 1.807) is 18.2 Å². The average Bonchev–Trinajstić information content (AvgIpc) is 2.84. The third kappa shape index (κ3) is 4.09. The van der Waals surface area contributed by atoms with E-state index < -0.39 is 23.3 Å². The summed E-state index contributed by atoms with van der Waals surface area (Å²) in [5, 5.41) is 20.5. The van der Waals surface area contributed by atoms with Crippen molar-refractivity contribution in [2.75, 3.05) is 14.2 Å². The molecule has 3 aromatic rings. The molecule has 1 aliphatic carbocycles. The van der Waals surface area contributed by atoms with Gasteiger partial charge < -0.3 is 24.4 Å². The zero-order valence-electron chi connectivity index (χ0n) is 18.3. The Balaban J connectivity index is 1.53. The molecule has 8 heteroatoms. The lowest BCUT2D eigenvalue weighted by Crippen LogP contribution is -2.21. The largest absolute Gasteiger partial charge is 0.507 e. The van der Waals surface area contributed by atoms with Gasteiger partial charge in [0.25, 0.3) is 0 Å². The fraction of sp³-hybridized carbons (Fsp3) is 0.115. The zero-order chi connectivity index (χ0) is 24.4. The first-order chi connectivity index (χ1) is 16.3. The predicted octanol–water partition coefficient (Wildman–Crippen LogP) is 3.65. The summed E-state index contributed by atoms with van der Waals surface area (Å²) in [6, 6.07) is 12.0. The lowest BCUT2D eigenvalue weighted by molar-refractivity contribution is -0.138. The summed E-state index contributed by atoms with van der Waals surface area (Å²) < 4.78 is 15.7. The van der Waals surface area contributed by atoms with Crippen molar-refractivity contribution in [3.63, 3.8) is 0 Å². The quantitative estimate of drug-likeness (QED) is 0.331. The molecule has 0 amide bonds. The maximum Gasteiger partial charge on any atom is 0.331 e. The number of benzene rings is 3. The van der Waals surface area contributed by atoms with E-state index in [0.29, 0.717) is 22.6 Å². The minimum atomic E-state index is -0.667. The summed E-state index contributed by atoms with van der Waals surface area (Å²) in [5.74, 6) is -1.48. The predicted molar refractivity (Wildman–Crippen MR) is 121 cm³/mol. The molecular weight excluding hydrogens is 440 g/mol. The van der Waals surface area contributed by atoms with Gasteiger partial charge in [-0.2, -0.15) is 0 Å². The Labute approximate surface area is 194 Å². The van der Waals surface area contributed by atoms with E-state index >= 15 is 0 Å². The molecule has 34 heavy (non-hydrogen) atoms. The van der Waals surface area contributed by atoms with Crippen LogP contribution in [0.1, 0.15) is 43.0 Å². The van der Waals surface area contributed by atoms with Crippen molar-refractivity contribution in [2.24, 2.45) is 0 Å². The van der Waals surface area contributed by atoms with Gasteiger partial charge in [0.1, 0.15) is 29.6 Å². The van der Waals surface area contributed by atoms with Gasteiger partial charge in [0.15, 0.2) is 5.78 Å². The second-order valence-corrected chi connectivity index (χ2v) is 7.44. The molecule has 0 fully saturated rings. The van der Waals surface area contributed by atoms with Crippen LogP contribution < -0.4 is 9.47 Å². The molecule has 0 aromatic heterocycles. The van der Waals surface area contributed by atoms with Gasteiger partial charge in [0, 0.05) is 22.8 Å². The molecule has 0 atom stereocenters. The molecule has 0 saturated heterocycles. The third-order valence-corrected chi connectivity index (χ3v) is 5.38. The molecule has 0 aliphatic heterocycles. The van der Waals surface area contributed by atoms with Gasteiger partial charge >= 0.3 is 5.97 Å². The van der Waals surface area contributed by atoms with Crippen LogP contribution in [0.5, 0.6) is 23.0 Å². The highest BCUT2D eigenvalue weighted by atomic mass is 16.5. The number of ether oxygens (including phenoxy) is 3. The maximum absolute atomic E-state index is 12.9. The summed E-state index contributed by atoms with van der Waals surface area (Å²) in [5.41, 5.74) is 0.608. The molecule has 0 bridgehead atoms. The first kappa shape index (κ1) is 22.6. The van der Waals surface area contributed by atoms with Gasteiger partial charge in [-0.3, -0.25) is 9.59 Å². The smallest absolute Gasteiger partial charge is 0.331 e. The highest BCUT2D eigenvalue weighted by Gasteiger charge is 2.34. The molecule has 0 spiro atoms. The van der Waals surface area contributed by atoms with Crippen molar-refractivity contribution in [1.29, 1.82) is 0 Å². The Bertz CT molecular complexity index is 1350. The number of ketones is 2. The van der Waals surface area contributed by atoms with Crippen molar-refractivity contribution in [1.82, 2.24) is 0 Å². The number of phenols is 2. The van der Waals surface area contributed by atoms with Gasteiger partial charge in [0.2, 0.25) is 5.78 Å². The van der Waals surface area contributed by atoms with Crippen LogP contribution >= 0.6 is 0 Å². The van der Waals surface area contributed by atoms with Crippen LogP contribution in [-0.2, 0) is 16.1 Å². The summed E-state index contributed by atoms with van der Waals surface area (Å²) >= 11 is 0. The van der Waals surface area contributed by atoms with E-state index in [2.05, 4.69) is 0 Å². The van der Waals surface area contributed by atoms with Crippen molar-refractivity contribution in [3.8, 4) is 23.0 Å². The number of rotatable bonds is 6. The van der Waals surface area contributed by atoms with Crippen LogP contribution in [0.25, 0.3) is 6.08 Å². The number of fused-ring (bicyclic) bond motifs is 2. The van der Waals surface area contributed by atoms with Crippen molar-refractivity contribution >= 4 is 23.6 Å². The Hall–Kier alpha value is -4.59. The van der Waals surface area contributed by atoms with E-state index in [-0.39, 0.29) is 34.6 Å². The Morgan fingerprint density at radius 3 is 2.38 bits per heavy atom. The lowest BCUT2D eigenvalue weighted by Gasteiger charge is -2.20. The highest BCUT2D eigenvalue weighted by molar-refractivity contribution is 6.30. The summed E-state index contributed by atoms with van der Waals surface area (Å²) in [7, 11) is 3.03. The van der Waals surface area contributed by atoms with E-state index in [1.165, 1.54) is 56.7 Å². The topological polar surface area (TPSA) is 119 Å². The van der Waals surface area contributed by atoms with E-state index in [4.69, 9.17) is 14.2 Å². The number of methoxy groups -OCH3 is 2. The molecule has 0 radical (unpaired) electrons. The van der Waals surface area contributed by atoms with Crippen molar-refractivity contribution in [3.05, 3.63) is 88.0 Å². The van der Waals surface area contributed by atoms with Gasteiger partial charge in [-0.05, 0) is 48.0 Å². The summed E-state index contributed by atoms with van der Waals surface area (Å²) in [6.07, 6.45) is 2.73. The molecule has 0 saturated carbocycles. The maximum atomic E-state index is 12.9. The molecule has 1 aliphatic rings. The number of carbonyl (C=O) groups is 3. The van der Waals surface area contributed by atoms with Gasteiger partial charge in [-0.15, -0.1) is 0 Å². The molecule has 0 unspecified atom stereocenters. The average molecular weight is 460 g/mol. The number of hydrogen-bond acceptors (Lipinski definition) is 8. The van der Waals surface area contributed by atoms with Gasteiger partial charge in [0.05, 0.1) is 25.3 Å². The zero-order valence-corrected chi connectivity index (χ0v) is 18.3. The van der Waals surface area contributed by atoms with Crippen molar-refractivity contribution in [2.45, 2.75) is 6.61 Å². The first-order valence-corrected chi connectivity index (χ1v) is 10.2. The number of phenolic OH excluding ortho intramolecular Hbond substituents is 2. The van der Waals surface area contributed by atoms with E-state index in [0.717, 1.165) is 0 Å². The lowest BCUT2D eigenvalue weighted by atomic mass is 9.82. The second-order valence-electron chi connectivity index (χ2n) is 7.44. The SMILES string of the molecule is COc1ccc(OC)c(/C=C/C(=O)OCc2cc(O)c3c(c2)C(=O)c2cccc(O)c2C3=O)c1. The molecule has 2 N–H and O–H groups in total. The fourth-order valence-corrected chi connectivity index (χ4v) is 3.75. The van der Waals surface area contributed by atoms with Crippen LogP contribution in [0.2, 0.25) is 0 Å². The van der Waals surface area contributed by atoms with Crippen LogP contribution in [-0.4, -0.2) is 42.0 Å². The number of aromatic hydroxyl groups is 2. The number of carbonyl (C=O) groups excluding carboxylic acids is 3. The summed E-state index contributed by atoms with van der Waals surface area (Å²) in [4.78, 5) is 38.0. The summed E-state index contributed by atoms with van der Waals surface area (Å²) in [6.45, 7) is -0.242. The Morgan fingerprint density at radius 1 is 0.882 bits per heavy atom. The van der Waals surface area contributed by atoms with Crippen molar-refractivity contribution < 1.29 is 38.8 Å². The van der Waals surface area contributed by atoms with Crippen LogP contribution in [0.4, 0.5) is 0 Å². The van der Waals surface area contributed by atoms with Crippen LogP contribution in [0, 0.1) is 0 Å². The molecule has 0 heterocycles. The second kappa shape index (κ2) is 9.11. The minimum Gasteiger partial charge on any atom is -0.507 e. The Morgan fingerprint density at radius 2 is 1.65 bits per heavy atom. The number of esters is 1. The molecule has 4 rings (SSSR count). The third-order valence-electron chi connectivity index (χ3n) is 5.38. The molecule has 3 aromatic carbocycles. The van der Waals surface area contributed by atoms with Crippen LogP contribution in [0.15, 0.2) is 54.6 Å². The van der Waals surface area contributed by atoms with Gasteiger partial charge in [-0.25, -0.2) is 4.79 Å². The highest BCUT2D eigenvalue weighted by Crippen LogP contribution is 2.37. The van der Waals surface area contributed by atoms with E-state index in [9.17, 15) is 24.6 Å². The van der Waals surface area contributed by atoms with Gasteiger partial charge in [-0.1, -0.05) is 12.1 Å². The monoisotopic (exact) mass is 460 g/mol. The van der Waals surface area contributed by atoms with E-state index in [1.807, 2.05) is 0 Å². The standard InChI is InChI=1S/C26H20O8/c1-32-16-7-8-21(33-2)15(12-16)6-9-22(29)34-13-14-10-18-24(20(28)11-14)26(31)23-17(25(18)30)4-3-5-19(23)27/h3-12,27-28H,13H2,1-2H3/b9-6+. The fourth-order valence-electron chi connectivity index (χ4n) is 3.75. The Kier molecular flexibility index (Phi) is 6.05. The normalized spacial score (nSPS) is 12.3. The number of hydrogen-bond donors (Lipinski definition) is 2. The first-order valence-electron chi connectivity index (χ1n) is 10.2. The minimum absolute atomic E-state index is 0.0224. The molecule has 172 valence electrons.